The normalized spacial score (nSPS) is 30.9. The monoisotopic (exact) mass is 266 g/mol. The lowest BCUT2D eigenvalue weighted by Gasteiger charge is -2.43. The predicted octanol–water partition coefficient (Wildman–Crippen LogP) is 2.55. The zero-order valence-corrected chi connectivity index (χ0v) is 12.5. The number of likely N-dealkylation sites (N-methyl/N-ethyl adjacent to an activating group) is 1. The summed E-state index contributed by atoms with van der Waals surface area (Å²) in [5, 5.41) is 3.79. The van der Waals surface area contributed by atoms with Gasteiger partial charge in [0.1, 0.15) is 0 Å². The zero-order chi connectivity index (χ0) is 13.1. The van der Waals surface area contributed by atoms with E-state index in [2.05, 4.69) is 17.3 Å². The molecule has 1 heterocycles. The molecule has 0 aromatic heterocycles. The van der Waals surface area contributed by atoms with Crippen LogP contribution < -0.4 is 5.32 Å². The molecule has 0 bridgehead atoms. The van der Waals surface area contributed by atoms with Crippen molar-refractivity contribution in [1.29, 1.82) is 0 Å². The van der Waals surface area contributed by atoms with Crippen molar-refractivity contribution in [3.05, 3.63) is 0 Å². The second-order valence-corrected chi connectivity index (χ2v) is 6.95. The second-order valence-electron chi connectivity index (χ2n) is 6.95. The molecule has 19 heavy (non-hydrogen) atoms. The second kappa shape index (κ2) is 6.11. The van der Waals surface area contributed by atoms with Gasteiger partial charge in [-0.15, -0.1) is 0 Å². The Morgan fingerprint density at radius 3 is 2.68 bits per heavy atom. The van der Waals surface area contributed by atoms with E-state index >= 15 is 0 Å². The maximum atomic E-state index is 6.16. The minimum atomic E-state index is 0.247. The van der Waals surface area contributed by atoms with Crippen LogP contribution in [-0.2, 0) is 4.74 Å². The number of hydrogen-bond donors (Lipinski definition) is 1. The van der Waals surface area contributed by atoms with E-state index in [-0.39, 0.29) is 5.60 Å². The molecule has 1 spiro atoms. The largest absolute Gasteiger partial charge is 0.375 e. The average Bonchev–Trinajstić information content (AvgIpc) is 3.24. The highest BCUT2D eigenvalue weighted by molar-refractivity contribution is 4.92. The summed E-state index contributed by atoms with van der Waals surface area (Å²) in [6, 6.07) is 1.58. The molecule has 1 aliphatic heterocycles. The van der Waals surface area contributed by atoms with E-state index < -0.39 is 0 Å². The van der Waals surface area contributed by atoms with E-state index in [0.717, 1.165) is 19.2 Å². The first-order valence-electron chi connectivity index (χ1n) is 8.35. The SMILES string of the molecule is CN(CCNC1CCOC2(CCCCC2)C1)C1CC1. The zero-order valence-electron chi connectivity index (χ0n) is 12.5. The topological polar surface area (TPSA) is 24.5 Å². The maximum Gasteiger partial charge on any atom is 0.0697 e. The third-order valence-electron chi connectivity index (χ3n) is 5.33. The Balaban J connectivity index is 1.40. The van der Waals surface area contributed by atoms with Crippen molar-refractivity contribution in [2.75, 3.05) is 26.7 Å². The van der Waals surface area contributed by atoms with E-state index in [9.17, 15) is 0 Å². The molecule has 0 aromatic carbocycles. The Bertz CT molecular complexity index is 279. The van der Waals surface area contributed by atoms with Gasteiger partial charge >= 0.3 is 0 Å². The Kier molecular flexibility index (Phi) is 4.45. The van der Waals surface area contributed by atoms with E-state index in [1.807, 2.05) is 0 Å². The van der Waals surface area contributed by atoms with Crippen LogP contribution in [0.2, 0.25) is 0 Å². The van der Waals surface area contributed by atoms with Crippen LogP contribution in [0.5, 0.6) is 0 Å². The first-order valence-corrected chi connectivity index (χ1v) is 8.35. The van der Waals surface area contributed by atoms with Gasteiger partial charge in [0.25, 0.3) is 0 Å². The van der Waals surface area contributed by atoms with Gasteiger partial charge < -0.3 is 15.0 Å². The van der Waals surface area contributed by atoms with Gasteiger partial charge in [0.15, 0.2) is 0 Å². The number of nitrogens with zero attached hydrogens (tertiary/aromatic N) is 1. The number of ether oxygens (including phenoxy) is 1. The Morgan fingerprint density at radius 1 is 1.16 bits per heavy atom. The van der Waals surface area contributed by atoms with Crippen LogP contribution in [-0.4, -0.2) is 49.3 Å². The van der Waals surface area contributed by atoms with E-state index in [0.29, 0.717) is 6.04 Å². The number of rotatable bonds is 5. The van der Waals surface area contributed by atoms with Crippen LogP contribution in [0.3, 0.4) is 0 Å². The van der Waals surface area contributed by atoms with Gasteiger partial charge in [-0.1, -0.05) is 19.3 Å². The molecule has 1 atom stereocenters. The highest BCUT2D eigenvalue weighted by Crippen LogP contribution is 2.38. The lowest BCUT2D eigenvalue weighted by atomic mass is 9.78. The molecule has 2 aliphatic carbocycles. The van der Waals surface area contributed by atoms with Gasteiger partial charge in [0, 0.05) is 31.8 Å². The van der Waals surface area contributed by atoms with Gasteiger partial charge in [-0.3, -0.25) is 0 Å². The lowest BCUT2D eigenvalue weighted by molar-refractivity contribution is -0.109. The van der Waals surface area contributed by atoms with Crippen molar-refractivity contribution in [3.63, 3.8) is 0 Å². The van der Waals surface area contributed by atoms with Crippen LogP contribution in [0, 0.1) is 0 Å². The van der Waals surface area contributed by atoms with E-state index in [1.54, 1.807) is 0 Å². The van der Waals surface area contributed by atoms with Gasteiger partial charge in [0.2, 0.25) is 0 Å². The molecule has 3 rings (SSSR count). The minimum absolute atomic E-state index is 0.247. The minimum Gasteiger partial charge on any atom is -0.375 e. The Hall–Kier alpha value is -0.120. The fourth-order valence-electron chi connectivity index (χ4n) is 3.89. The molecule has 110 valence electrons. The molecule has 0 radical (unpaired) electrons. The molecule has 1 N–H and O–H groups in total. The molecule has 3 heteroatoms. The van der Waals surface area contributed by atoms with Crippen molar-refractivity contribution < 1.29 is 4.74 Å². The number of nitrogens with one attached hydrogen (secondary N) is 1. The Labute approximate surface area is 118 Å². The summed E-state index contributed by atoms with van der Waals surface area (Å²) in [5.41, 5.74) is 0.247. The van der Waals surface area contributed by atoms with Crippen LogP contribution >= 0.6 is 0 Å². The van der Waals surface area contributed by atoms with Crippen LogP contribution in [0.1, 0.15) is 57.8 Å². The Morgan fingerprint density at radius 2 is 1.95 bits per heavy atom. The molecule has 3 aliphatic rings. The summed E-state index contributed by atoms with van der Waals surface area (Å²) < 4.78 is 6.16. The maximum absolute atomic E-state index is 6.16. The fourth-order valence-corrected chi connectivity index (χ4v) is 3.89. The molecule has 0 aromatic rings. The molecule has 1 saturated heterocycles. The molecule has 3 nitrogen and oxygen atoms in total. The van der Waals surface area contributed by atoms with Gasteiger partial charge in [-0.2, -0.15) is 0 Å². The van der Waals surface area contributed by atoms with Crippen molar-refractivity contribution in [2.45, 2.75) is 75.5 Å². The van der Waals surface area contributed by atoms with Gasteiger partial charge in [0.05, 0.1) is 5.60 Å². The molecule has 0 amide bonds. The third kappa shape index (κ3) is 3.71. The summed E-state index contributed by atoms with van der Waals surface area (Å²) in [6.45, 7) is 3.32. The average molecular weight is 266 g/mol. The molecule has 1 unspecified atom stereocenters. The lowest BCUT2D eigenvalue weighted by Crippen LogP contribution is -2.49. The van der Waals surface area contributed by atoms with Crippen molar-refractivity contribution in [2.24, 2.45) is 0 Å². The van der Waals surface area contributed by atoms with Crippen LogP contribution in [0.4, 0.5) is 0 Å². The smallest absolute Gasteiger partial charge is 0.0697 e. The molecular formula is C16H30N2O. The first-order chi connectivity index (χ1) is 9.27. The standard InChI is InChI=1S/C16H30N2O/c1-18(15-5-6-15)11-10-17-14-7-12-19-16(13-14)8-3-2-4-9-16/h14-15,17H,2-13H2,1H3. The van der Waals surface area contributed by atoms with Crippen molar-refractivity contribution in [1.82, 2.24) is 10.2 Å². The first kappa shape index (κ1) is 13.8. The van der Waals surface area contributed by atoms with Crippen molar-refractivity contribution >= 4 is 0 Å². The van der Waals surface area contributed by atoms with Crippen LogP contribution in [0.25, 0.3) is 0 Å². The summed E-state index contributed by atoms with van der Waals surface area (Å²) in [7, 11) is 2.27. The molecule has 2 saturated carbocycles. The van der Waals surface area contributed by atoms with E-state index in [1.165, 1.54) is 64.3 Å². The predicted molar refractivity (Wildman–Crippen MR) is 78.4 cm³/mol. The van der Waals surface area contributed by atoms with E-state index in [4.69, 9.17) is 4.74 Å². The molecular weight excluding hydrogens is 236 g/mol. The summed E-state index contributed by atoms with van der Waals surface area (Å²) in [4.78, 5) is 2.52. The summed E-state index contributed by atoms with van der Waals surface area (Å²) in [5.74, 6) is 0. The molecule has 3 fully saturated rings. The van der Waals surface area contributed by atoms with Crippen LogP contribution in [0.15, 0.2) is 0 Å². The number of hydrogen-bond acceptors (Lipinski definition) is 3. The summed E-state index contributed by atoms with van der Waals surface area (Å²) >= 11 is 0. The van der Waals surface area contributed by atoms with Gasteiger partial charge in [-0.25, -0.2) is 0 Å². The quantitative estimate of drug-likeness (QED) is 0.827. The fraction of sp³-hybridized carbons (Fsp3) is 1.00. The highest BCUT2D eigenvalue weighted by Gasteiger charge is 2.38. The third-order valence-corrected chi connectivity index (χ3v) is 5.33. The van der Waals surface area contributed by atoms with Crippen molar-refractivity contribution in [3.8, 4) is 0 Å². The highest BCUT2D eigenvalue weighted by atomic mass is 16.5. The summed E-state index contributed by atoms with van der Waals surface area (Å²) in [6.07, 6.45) is 12.0. The van der Waals surface area contributed by atoms with Gasteiger partial charge in [-0.05, 0) is 45.6 Å².